The molecule has 0 aromatic rings. The Morgan fingerprint density at radius 1 is 0.710 bits per heavy atom. The van der Waals surface area contributed by atoms with Crippen LogP contribution in [0.2, 0.25) is 0 Å². The highest BCUT2D eigenvalue weighted by atomic mass is 16.7. The van der Waals surface area contributed by atoms with Crippen LogP contribution in [-0.2, 0) is 38.1 Å². The lowest BCUT2D eigenvalue weighted by atomic mass is 9.80. The molecule has 0 fully saturated rings. The molecule has 2 unspecified atom stereocenters. The molecule has 172 valence electrons. The molecule has 0 aliphatic heterocycles. The Bertz CT molecular complexity index is 658. The normalized spacial score (nSPS) is 13.0. The van der Waals surface area contributed by atoms with Crippen LogP contribution in [-0.4, -0.2) is 82.3 Å². The van der Waals surface area contributed by atoms with E-state index in [1.54, 1.807) is 0 Å². The SMILES string of the molecule is C=CC(=O)OCC(COC(=O)C=C)(COC(=O)C=C)C(OC(=O)C=C)C(O)C(O)(O)O. The van der Waals surface area contributed by atoms with E-state index in [1.807, 2.05) is 0 Å². The van der Waals surface area contributed by atoms with Crippen molar-refractivity contribution in [1.29, 1.82) is 0 Å². The molecule has 12 nitrogen and oxygen atoms in total. The number of hydrogen-bond donors (Lipinski definition) is 4. The summed E-state index contributed by atoms with van der Waals surface area (Å²) in [6.07, 6.45) is -2.06. The fourth-order valence-corrected chi connectivity index (χ4v) is 2.09. The monoisotopic (exact) mass is 444 g/mol. The molecular formula is C19H24O12. The molecule has 0 saturated carbocycles. The summed E-state index contributed by atoms with van der Waals surface area (Å²) in [4.78, 5) is 46.6. The van der Waals surface area contributed by atoms with Crippen molar-refractivity contribution in [1.82, 2.24) is 0 Å². The summed E-state index contributed by atoms with van der Waals surface area (Å²) < 4.78 is 19.6. The van der Waals surface area contributed by atoms with Gasteiger partial charge in [-0.25, -0.2) is 19.2 Å². The second kappa shape index (κ2) is 12.4. The first-order chi connectivity index (χ1) is 14.4. The van der Waals surface area contributed by atoms with Crippen molar-refractivity contribution >= 4 is 23.9 Å². The van der Waals surface area contributed by atoms with E-state index in [9.17, 15) is 39.6 Å². The van der Waals surface area contributed by atoms with E-state index in [-0.39, 0.29) is 0 Å². The molecule has 0 saturated heterocycles. The van der Waals surface area contributed by atoms with Gasteiger partial charge in [-0.2, -0.15) is 0 Å². The minimum atomic E-state index is -3.86. The Kier molecular flexibility index (Phi) is 11.1. The molecule has 0 aliphatic carbocycles. The lowest BCUT2D eigenvalue weighted by Gasteiger charge is -2.41. The highest BCUT2D eigenvalue weighted by molar-refractivity contribution is 5.83. The van der Waals surface area contributed by atoms with Crippen molar-refractivity contribution < 1.29 is 58.6 Å². The smallest absolute Gasteiger partial charge is 0.330 e. The van der Waals surface area contributed by atoms with Crippen LogP contribution in [0.15, 0.2) is 50.6 Å². The van der Waals surface area contributed by atoms with Crippen LogP contribution in [0.1, 0.15) is 0 Å². The third-order valence-electron chi connectivity index (χ3n) is 3.70. The second-order valence-corrected chi connectivity index (χ2v) is 5.99. The summed E-state index contributed by atoms with van der Waals surface area (Å²) >= 11 is 0. The van der Waals surface area contributed by atoms with E-state index < -0.39 is 67.3 Å². The molecule has 0 aliphatic rings. The maximum Gasteiger partial charge on any atom is 0.330 e. The predicted octanol–water partition coefficient (Wildman–Crippen LogP) is -1.75. The molecule has 4 N–H and O–H groups in total. The summed E-state index contributed by atoms with van der Waals surface area (Å²) in [6, 6.07) is 0. The molecule has 0 spiro atoms. The van der Waals surface area contributed by atoms with Crippen LogP contribution in [0.25, 0.3) is 0 Å². The molecule has 31 heavy (non-hydrogen) atoms. The highest BCUT2D eigenvalue weighted by Crippen LogP contribution is 2.33. The first-order valence-electron chi connectivity index (χ1n) is 8.42. The minimum absolute atomic E-state index is 0.625. The summed E-state index contributed by atoms with van der Waals surface area (Å²) in [5.41, 5.74) is -2.17. The van der Waals surface area contributed by atoms with Crippen LogP contribution in [0, 0.1) is 5.41 Å². The minimum Gasteiger partial charge on any atom is -0.462 e. The number of ether oxygens (including phenoxy) is 4. The van der Waals surface area contributed by atoms with Crippen LogP contribution < -0.4 is 0 Å². The largest absolute Gasteiger partial charge is 0.462 e. The lowest BCUT2D eigenvalue weighted by molar-refractivity contribution is -0.374. The van der Waals surface area contributed by atoms with Crippen molar-refractivity contribution in [3.63, 3.8) is 0 Å². The molecule has 0 heterocycles. The number of carbonyl (C=O) groups excluding carboxylic acids is 4. The number of hydrogen-bond acceptors (Lipinski definition) is 12. The van der Waals surface area contributed by atoms with Crippen molar-refractivity contribution in [3.05, 3.63) is 50.6 Å². The van der Waals surface area contributed by atoms with E-state index >= 15 is 0 Å². The average Bonchev–Trinajstić information content (AvgIpc) is 2.74. The van der Waals surface area contributed by atoms with Gasteiger partial charge < -0.3 is 39.4 Å². The summed E-state index contributed by atoms with van der Waals surface area (Å²) in [5.74, 6) is -8.18. The number of rotatable bonds is 14. The Morgan fingerprint density at radius 2 is 1.03 bits per heavy atom. The maximum atomic E-state index is 11.8. The average molecular weight is 444 g/mol. The lowest BCUT2D eigenvalue weighted by Crippen LogP contribution is -2.61. The Hall–Kier alpha value is -3.32. The second-order valence-electron chi connectivity index (χ2n) is 5.99. The van der Waals surface area contributed by atoms with E-state index in [0.29, 0.717) is 6.08 Å². The molecule has 0 rings (SSSR count). The number of aliphatic hydroxyl groups excluding tert-OH is 1. The number of esters is 4. The molecule has 0 radical (unpaired) electrons. The Labute approximate surface area is 177 Å². The zero-order valence-electron chi connectivity index (χ0n) is 16.5. The quantitative estimate of drug-likeness (QED) is 0.103. The Balaban J connectivity index is 6.53. The van der Waals surface area contributed by atoms with Gasteiger partial charge in [-0.15, -0.1) is 0 Å². The van der Waals surface area contributed by atoms with Gasteiger partial charge in [0.25, 0.3) is 0 Å². The van der Waals surface area contributed by atoms with Gasteiger partial charge in [0.15, 0.2) is 12.2 Å². The third kappa shape index (κ3) is 8.92. The van der Waals surface area contributed by atoms with E-state index in [1.165, 1.54) is 0 Å². The summed E-state index contributed by atoms with van der Waals surface area (Å²) in [5, 5.41) is 38.6. The first-order valence-corrected chi connectivity index (χ1v) is 8.42. The molecule has 2 atom stereocenters. The topological polar surface area (TPSA) is 186 Å². The zero-order valence-corrected chi connectivity index (χ0v) is 16.5. The van der Waals surface area contributed by atoms with Gasteiger partial charge in [-0.1, -0.05) is 26.3 Å². The maximum absolute atomic E-state index is 11.8. The van der Waals surface area contributed by atoms with Crippen LogP contribution in [0.5, 0.6) is 0 Å². The fraction of sp³-hybridized carbons (Fsp3) is 0.368. The highest BCUT2D eigenvalue weighted by Gasteiger charge is 2.54. The van der Waals surface area contributed by atoms with E-state index in [2.05, 4.69) is 26.3 Å². The molecular weight excluding hydrogens is 420 g/mol. The van der Waals surface area contributed by atoms with Crippen molar-refractivity contribution in [2.45, 2.75) is 18.2 Å². The third-order valence-corrected chi connectivity index (χ3v) is 3.70. The molecule has 12 heteroatoms. The first kappa shape index (κ1) is 27.7. The molecule has 0 amide bonds. The van der Waals surface area contributed by atoms with Gasteiger partial charge in [0, 0.05) is 24.3 Å². The van der Waals surface area contributed by atoms with Gasteiger partial charge in [0.05, 0.1) is 0 Å². The summed E-state index contributed by atoms with van der Waals surface area (Å²) in [6.45, 7) is 9.99. The zero-order chi connectivity index (χ0) is 24.2. The van der Waals surface area contributed by atoms with E-state index in [4.69, 9.17) is 18.9 Å². The standard InChI is InChI=1S/C19H24O12/c1-5-12(20)28-9-18(10-29-13(21)6-2,11-30-14(22)7-3)17(31-15(23)8-4)16(24)19(25,26)27/h5-8,16-17,24-27H,1-4,9-11H2. The van der Waals surface area contributed by atoms with Gasteiger partial charge in [-0.3, -0.25) is 0 Å². The van der Waals surface area contributed by atoms with Crippen molar-refractivity contribution in [2.75, 3.05) is 19.8 Å². The Morgan fingerprint density at radius 3 is 1.29 bits per heavy atom. The predicted molar refractivity (Wildman–Crippen MR) is 101 cm³/mol. The van der Waals surface area contributed by atoms with Crippen LogP contribution >= 0.6 is 0 Å². The number of aliphatic hydroxyl groups is 4. The van der Waals surface area contributed by atoms with Gasteiger partial charge in [-0.05, 0) is 0 Å². The number of carbonyl (C=O) groups is 4. The van der Waals surface area contributed by atoms with E-state index in [0.717, 1.165) is 18.2 Å². The molecule has 0 aromatic heterocycles. The molecule has 0 bridgehead atoms. The van der Waals surface area contributed by atoms with Crippen LogP contribution in [0.4, 0.5) is 0 Å². The fourth-order valence-electron chi connectivity index (χ4n) is 2.09. The van der Waals surface area contributed by atoms with Gasteiger partial charge in [0.2, 0.25) is 0 Å². The van der Waals surface area contributed by atoms with Crippen LogP contribution in [0.3, 0.4) is 0 Å². The van der Waals surface area contributed by atoms with Crippen molar-refractivity contribution in [3.8, 4) is 0 Å². The van der Waals surface area contributed by atoms with Gasteiger partial charge in [0.1, 0.15) is 25.2 Å². The van der Waals surface area contributed by atoms with Crippen molar-refractivity contribution in [2.24, 2.45) is 5.41 Å². The molecule has 0 aromatic carbocycles. The van der Waals surface area contributed by atoms with Gasteiger partial charge >= 0.3 is 29.9 Å². The summed E-state index contributed by atoms with van der Waals surface area (Å²) in [7, 11) is 0.